The van der Waals surface area contributed by atoms with Crippen molar-refractivity contribution in [3.63, 3.8) is 0 Å². The highest BCUT2D eigenvalue weighted by molar-refractivity contribution is 7.20. The molecule has 0 saturated carbocycles. The molecule has 2 amide bonds. The van der Waals surface area contributed by atoms with Gasteiger partial charge in [0.05, 0.1) is 17.0 Å². The lowest BCUT2D eigenvalue weighted by molar-refractivity contribution is -0.135. The van der Waals surface area contributed by atoms with Gasteiger partial charge in [-0.3, -0.25) is 9.59 Å². The van der Waals surface area contributed by atoms with Gasteiger partial charge in [-0.2, -0.15) is 0 Å². The summed E-state index contributed by atoms with van der Waals surface area (Å²) >= 11 is 3.24. The highest BCUT2D eigenvalue weighted by Crippen LogP contribution is 2.28. The summed E-state index contributed by atoms with van der Waals surface area (Å²) in [4.78, 5) is 32.1. The van der Waals surface area contributed by atoms with Gasteiger partial charge in [0.25, 0.3) is 0 Å². The lowest BCUT2D eigenvalue weighted by Crippen LogP contribution is -2.43. The largest absolute Gasteiger partial charge is 0.356 e. The van der Waals surface area contributed by atoms with Crippen LogP contribution in [0.1, 0.15) is 31.9 Å². The zero-order valence-electron chi connectivity index (χ0n) is 14.4. The zero-order valence-corrected chi connectivity index (χ0v) is 16.0. The summed E-state index contributed by atoms with van der Waals surface area (Å²) in [5.41, 5.74) is 0.834. The van der Waals surface area contributed by atoms with Crippen molar-refractivity contribution < 1.29 is 9.59 Å². The average molecular weight is 378 g/mol. The molecule has 1 aliphatic heterocycles. The molecule has 25 heavy (non-hydrogen) atoms. The van der Waals surface area contributed by atoms with Crippen molar-refractivity contribution in [3.05, 3.63) is 28.6 Å². The predicted octanol–water partition coefficient (Wildman–Crippen LogP) is 3.18. The minimum absolute atomic E-state index is 0.0419. The van der Waals surface area contributed by atoms with E-state index >= 15 is 0 Å². The van der Waals surface area contributed by atoms with Crippen LogP contribution in [0.3, 0.4) is 0 Å². The summed E-state index contributed by atoms with van der Waals surface area (Å²) in [6.45, 7) is 4.09. The molecule has 1 N–H and O–H groups in total. The van der Waals surface area contributed by atoms with E-state index in [1.165, 1.54) is 0 Å². The van der Waals surface area contributed by atoms with Crippen molar-refractivity contribution in [1.29, 1.82) is 0 Å². The van der Waals surface area contributed by atoms with Crippen LogP contribution in [-0.2, 0) is 16.0 Å². The molecule has 0 aliphatic carbocycles. The number of thiophene rings is 1. The Hall–Kier alpha value is -1.73. The molecule has 2 aromatic rings. The van der Waals surface area contributed by atoms with E-state index in [2.05, 4.69) is 10.3 Å². The SMILES string of the molecule is CCCNC(=O)C1CCN(C(=O)Cc2csc(-c3cccs3)n2)CC1. The van der Waals surface area contributed by atoms with Crippen LogP contribution >= 0.6 is 22.7 Å². The first-order valence-electron chi connectivity index (χ1n) is 8.71. The molecule has 0 unspecified atom stereocenters. The third-order valence-corrected chi connectivity index (χ3v) is 6.31. The first kappa shape index (κ1) is 18.1. The molecule has 1 fully saturated rings. The Kier molecular flexibility index (Phi) is 6.20. The normalized spacial score (nSPS) is 15.3. The van der Waals surface area contributed by atoms with Gasteiger partial charge in [0, 0.05) is 30.9 Å². The number of rotatable bonds is 6. The van der Waals surface area contributed by atoms with Gasteiger partial charge in [-0.25, -0.2) is 4.98 Å². The van der Waals surface area contributed by atoms with E-state index in [4.69, 9.17) is 0 Å². The van der Waals surface area contributed by atoms with Crippen LogP contribution in [0.25, 0.3) is 9.88 Å². The van der Waals surface area contributed by atoms with Crippen LogP contribution < -0.4 is 5.32 Å². The van der Waals surface area contributed by atoms with Crippen LogP contribution in [0.5, 0.6) is 0 Å². The first-order valence-corrected chi connectivity index (χ1v) is 10.5. The Morgan fingerprint density at radius 2 is 2.12 bits per heavy atom. The summed E-state index contributed by atoms with van der Waals surface area (Å²) in [6.07, 6.45) is 2.79. The van der Waals surface area contributed by atoms with Crippen molar-refractivity contribution in [2.75, 3.05) is 19.6 Å². The predicted molar refractivity (Wildman–Crippen MR) is 102 cm³/mol. The fraction of sp³-hybridized carbons (Fsp3) is 0.500. The van der Waals surface area contributed by atoms with Crippen LogP contribution in [0.4, 0.5) is 0 Å². The Morgan fingerprint density at radius 3 is 2.80 bits per heavy atom. The Labute approximate surface area is 156 Å². The maximum atomic E-state index is 12.5. The Balaban J connectivity index is 1.49. The standard InChI is InChI=1S/C18H23N3O2S2/c1-2-7-19-17(23)13-5-8-21(9-6-13)16(22)11-14-12-25-18(20-14)15-4-3-10-24-15/h3-4,10,12-13H,2,5-9,11H2,1H3,(H,19,23). The summed E-state index contributed by atoms with van der Waals surface area (Å²) in [7, 11) is 0. The molecule has 134 valence electrons. The van der Waals surface area contributed by atoms with Gasteiger partial charge in [0.15, 0.2) is 0 Å². The van der Waals surface area contributed by atoms with Crippen LogP contribution in [-0.4, -0.2) is 41.3 Å². The number of likely N-dealkylation sites (tertiary alicyclic amines) is 1. The maximum Gasteiger partial charge on any atom is 0.228 e. The quantitative estimate of drug-likeness (QED) is 0.841. The van der Waals surface area contributed by atoms with Crippen molar-refractivity contribution in [1.82, 2.24) is 15.2 Å². The Bertz CT molecular complexity index is 704. The second-order valence-corrected chi connectivity index (χ2v) is 8.05. The topological polar surface area (TPSA) is 62.3 Å². The average Bonchev–Trinajstić information content (AvgIpc) is 3.31. The maximum absolute atomic E-state index is 12.5. The second-order valence-electron chi connectivity index (χ2n) is 6.24. The number of nitrogens with one attached hydrogen (secondary N) is 1. The smallest absolute Gasteiger partial charge is 0.228 e. The number of thiazole rings is 1. The lowest BCUT2D eigenvalue weighted by atomic mass is 9.95. The van der Waals surface area contributed by atoms with Gasteiger partial charge in [-0.05, 0) is 30.7 Å². The molecule has 2 aromatic heterocycles. The molecule has 7 heteroatoms. The van der Waals surface area contributed by atoms with E-state index in [1.807, 2.05) is 34.7 Å². The molecular weight excluding hydrogens is 354 g/mol. The third kappa shape index (κ3) is 4.67. The van der Waals surface area contributed by atoms with E-state index in [1.54, 1.807) is 22.7 Å². The number of hydrogen-bond acceptors (Lipinski definition) is 5. The van der Waals surface area contributed by atoms with Crippen molar-refractivity contribution in [2.24, 2.45) is 5.92 Å². The molecule has 3 rings (SSSR count). The number of piperidine rings is 1. The Morgan fingerprint density at radius 1 is 1.32 bits per heavy atom. The fourth-order valence-corrected chi connectivity index (χ4v) is 4.59. The number of carbonyl (C=O) groups is 2. The molecule has 3 heterocycles. The van der Waals surface area contributed by atoms with Crippen molar-refractivity contribution >= 4 is 34.5 Å². The van der Waals surface area contributed by atoms with Gasteiger partial charge in [-0.15, -0.1) is 22.7 Å². The van der Waals surface area contributed by atoms with Crippen molar-refractivity contribution in [2.45, 2.75) is 32.6 Å². The van der Waals surface area contributed by atoms with Gasteiger partial charge >= 0.3 is 0 Å². The lowest BCUT2D eigenvalue weighted by Gasteiger charge is -2.31. The molecule has 1 aliphatic rings. The molecular formula is C18H23N3O2S2. The molecule has 0 spiro atoms. The number of carbonyl (C=O) groups excluding carboxylic acids is 2. The van der Waals surface area contributed by atoms with E-state index in [0.29, 0.717) is 19.5 Å². The summed E-state index contributed by atoms with van der Waals surface area (Å²) < 4.78 is 0. The van der Waals surface area contributed by atoms with Gasteiger partial charge in [0.1, 0.15) is 5.01 Å². The van der Waals surface area contributed by atoms with Crippen LogP contribution in [0.15, 0.2) is 22.9 Å². The number of hydrogen-bond donors (Lipinski definition) is 1. The first-order chi connectivity index (χ1) is 12.2. The van der Waals surface area contributed by atoms with Gasteiger partial charge in [0.2, 0.25) is 11.8 Å². The van der Waals surface area contributed by atoms with E-state index in [0.717, 1.165) is 41.4 Å². The molecule has 0 aromatic carbocycles. The van der Waals surface area contributed by atoms with Crippen LogP contribution in [0.2, 0.25) is 0 Å². The monoisotopic (exact) mass is 377 g/mol. The van der Waals surface area contributed by atoms with E-state index in [9.17, 15) is 9.59 Å². The number of amides is 2. The summed E-state index contributed by atoms with van der Waals surface area (Å²) in [6, 6.07) is 4.05. The molecule has 0 radical (unpaired) electrons. The summed E-state index contributed by atoms with van der Waals surface area (Å²) in [5, 5.41) is 7.93. The highest BCUT2D eigenvalue weighted by Gasteiger charge is 2.27. The molecule has 0 bridgehead atoms. The third-order valence-electron chi connectivity index (χ3n) is 4.38. The highest BCUT2D eigenvalue weighted by atomic mass is 32.1. The minimum Gasteiger partial charge on any atom is -0.356 e. The summed E-state index contributed by atoms with van der Waals surface area (Å²) in [5.74, 6) is 0.282. The molecule has 1 saturated heterocycles. The zero-order chi connectivity index (χ0) is 17.6. The molecule has 0 atom stereocenters. The van der Waals surface area contributed by atoms with Crippen LogP contribution in [0, 0.1) is 5.92 Å². The fourth-order valence-electron chi connectivity index (χ4n) is 2.95. The molecule has 5 nitrogen and oxygen atoms in total. The second kappa shape index (κ2) is 8.58. The van der Waals surface area contributed by atoms with E-state index in [-0.39, 0.29) is 17.7 Å². The minimum atomic E-state index is 0.0419. The van der Waals surface area contributed by atoms with Crippen molar-refractivity contribution in [3.8, 4) is 9.88 Å². The van der Waals surface area contributed by atoms with E-state index < -0.39 is 0 Å². The number of aromatic nitrogens is 1. The van der Waals surface area contributed by atoms with Gasteiger partial charge in [-0.1, -0.05) is 13.0 Å². The number of nitrogens with zero attached hydrogens (tertiary/aromatic N) is 2. The van der Waals surface area contributed by atoms with Gasteiger partial charge < -0.3 is 10.2 Å².